The average molecular weight is 301 g/mol. The topological polar surface area (TPSA) is 86.3 Å². The number of aromatic nitrogens is 2. The number of H-pyrrole nitrogens is 1. The van der Waals surface area contributed by atoms with Gasteiger partial charge >= 0.3 is 0 Å². The van der Waals surface area contributed by atoms with Crippen LogP contribution in [0.15, 0.2) is 11.2 Å². The van der Waals surface area contributed by atoms with E-state index in [1.54, 1.807) is 0 Å². The van der Waals surface area contributed by atoms with E-state index in [1.807, 2.05) is 20.8 Å². The van der Waals surface area contributed by atoms with Crippen LogP contribution in [0, 0.1) is 5.92 Å². The van der Waals surface area contributed by atoms with E-state index in [2.05, 4.69) is 9.97 Å². The first-order valence-electron chi connectivity index (χ1n) is 7.05. The zero-order valence-corrected chi connectivity index (χ0v) is 13.0. The Morgan fingerprint density at radius 1 is 1.55 bits per heavy atom. The Bertz CT molecular complexity index is 553. The average Bonchev–Trinajstić information content (AvgIpc) is 2.88. The number of aromatic amines is 1. The van der Waals surface area contributed by atoms with Gasteiger partial charge in [0.15, 0.2) is 5.03 Å². The predicted molar refractivity (Wildman–Crippen MR) is 75.8 cm³/mol. The Balaban J connectivity index is 2.32. The summed E-state index contributed by atoms with van der Waals surface area (Å²) >= 11 is 0. The molecule has 1 aliphatic rings. The maximum absolute atomic E-state index is 12.7. The molecule has 20 heavy (non-hydrogen) atoms. The van der Waals surface area contributed by atoms with Crippen molar-refractivity contribution in [2.24, 2.45) is 5.92 Å². The molecule has 2 heterocycles. The number of aliphatic hydroxyl groups excluding tert-OH is 1. The minimum atomic E-state index is -3.61. The van der Waals surface area contributed by atoms with Crippen LogP contribution in [0.3, 0.4) is 0 Å². The van der Waals surface area contributed by atoms with Crippen LogP contribution in [0.2, 0.25) is 0 Å². The SMILES string of the molecule is CC(C)c1ncc(S(=O)(=O)N2CCCC(C)C2CO)[nH]1. The normalized spacial score (nSPS) is 25.2. The number of hydrogen-bond donors (Lipinski definition) is 2. The van der Waals surface area contributed by atoms with Crippen LogP contribution >= 0.6 is 0 Å². The van der Waals surface area contributed by atoms with Gasteiger partial charge in [-0.2, -0.15) is 4.31 Å². The molecule has 1 aliphatic heterocycles. The second-order valence-corrected chi connectivity index (χ2v) is 7.63. The number of hydrogen-bond acceptors (Lipinski definition) is 4. The first-order valence-corrected chi connectivity index (χ1v) is 8.49. The third-order valence-electron chi connectivity index (χ3n) is 3.96. The fourth-order valence-electron chi connectivity index (χ4n) is 2.65. The molecule has 1 aromatic heterocycles. The van der Waals surface area contributed by atoms with Crippen molar-refractivity contribution in [2.75, 3.05) is 13.2 Å². The molecule has 0 aliphatic carbocycles. The monoisotopic (exact) mass is 301 g/mol. The van der Waals surface area contributed by atoms with E-state index in [4.69, 9.17) is 0 Å². The second-order valence-electron chi connectivity index (χ2n) is 5.77. The molecule has 2 rings (SSSR count). The van der Waals surface area contributed by atoms with Gasteiger partial charge in [-0.3, -0.25) is 0 Å². The lowest BCUT2D eigenvalue weighted by Crippen LogP contribution is -2.49. The Morgan fingerprint density at radius 3 is 2.80 bits per heavy atom. The van der Waals surface area contributed by atoms with Gasteiger partial charge in [0.2, 0.25) is 0 Å². The highest BCUT2D eigenvalue weighted by Gasteiger charge is 2.37. The fourth-order valence-corrected chi connectivity index (χ4v) is 4.32. The predicted octanol–water partition coefficient (Wildman–Crippen LogP) is 1.31. The summed E-state index contributed by atoms with van der Waals surface area (Å²) < 4.78 is 26.8. The molecule has 0 saturated carbocycles. The van der Waals surface area contributed by atoms with Gasteiger partial charge in [0.05, 0.1) is 18.8 Å². The van der Waals surface area contributed by atoms with Crippen molar-refractivity contribution in [3.05, 3.63) is 12.0 Å². The number of rotatable bonds is 4. The lowest BCUT2D eigenvalue weighted by atomic mass is 9.93. The van der Waals surface area contributed by atoms with Crippen LogP contribution in [0.4, 0.5) is 0 Å². The van der Waals surface area contributed by atoms with Crippen molar-refractivity contribution >= 4 is 10.0 Å². The van der Waals surface area contributed by atoms with Gasteiger partial charge < -0.3 is 10.1 Å². The molecule has 1 saturated heterocycles. The summed E-state index contributed by atoms with van der Waals surface area (Å²) in [5, 5.41) is 9.62. The minimum absolute atomic E-state index is 0.119. The molecule has 2 unspecified atom stereocenters. The van der Waals surface area contributed by atoms with Gasteiger partial charge in [-0.25, -0.2) is 13.4 Å². The number of aliphatic hydroxyl groups is 1. The molecule has 0 radical (unpaired) electrons. The lowest BCUT2D eigenvalue weighted by molar-refractivity contribution is 0.113. The van der Waals surface area contributed by atoms with Crippen molar-refractivity contribution in [3.63, 3.8) is 0 Å². The van der Waals surface area contributed by atoms with Crippen LogP contribution < -0.4 is 0 Å². The zero-order chi connectivity index (χ0) is 14.9. The van der Waals surface area contributed by atoms with Crippen molar-refractivity contribution in [1.82, 2.24) is 14.3 Å². The van der Waals surface area contributed by atoms with Gasteiger partial charge in [-0.05, 0) is 18.8 Å². The lowest BCUT2D eigenvalue weighted by Gasteiger charge is -2.37. The van der Waals surface area contributed by atoms with E-state index >= 15 is 0 Å². The van der Waals surface area contributed by atoms with E-state index in [-0.39, 0.29) is 29.5 Å². The first-order chi connectivity index (χ1) is 9.37. The summed E-state index contributed by atoms with van der Waals surface area (Å²) in [7, 11) is -3.61. The van der Waals surface area contributed by atoms with E-state index in [9.17, 15) is 13.5 Å². The molecule has 0 amide bonds. The summed E-state index contributed by atoms with van der Waals surface area (Å²) in [5.74, 6) is 0.970. The van der Waals surface area contributed by atoms with Gasteiger partial charge in [-0.1, -0.05) is 20.8 Å². The van der Waals surface area contributed by atoms with Crippen molar-refractivity contribution in [1.29, 1.82) is 0 Å². The molecule has 0 aromatic carbocycles. The van der Waals surface area contributed by atoms with Gasteiger partial charge in [0.1, 0.15) is 5.82 Å². The summed E-state index contributed by atoms with van der Waals surface area (Å²) in [6.07, 6.45) is 3.14. The molecule has 6 nitrogen and oxygen atoms in total. The Kier molecular flexibility index (Phi) is 4.51. The molecule has 2 N–H and O–H groups in total. The van der Waals surface area contributed by atoms with Crippen LogP contribution in [0.5, 0.6) is 0 Å². The third kappa shape index (κ3) is 2.75. The standard InChI is InChI=1S/C13H23N3O3S/c1-9(2)13-14-7-12(15-13)20(18,19)16-6-4-5-10(3)11(16)8-17/h7,9-11,17H,4-6,8H2,1-3H3,(H,14,15). The second kappa shape index (κ2) is 5.83. The van der Waals surface area contributed by atoms with Crippen molar-refractivity contribution in [3.8, 4) is 0 Å². The highest BCUT2D eigenvalue weighted by molar-refractivity contribution is 7.89. The van der Waals surface area contributed by atoms with Crippen LogP contribution in [0.1, 0.15) is 45.4 Å². The highest BCUT2D eigenvalue weighted by Crippen LogP contribution is 2.28. The number of nitrogens with zero attached hydrogens (tertiary/aromatic N) is 2. The Hall–Kier alpha value is -0.920. The number of nitrogens with one attached hydrogen (secondary N) is 1. The largest absolute Gasteiger partial charge is 0.395 e. The number of imidazole rings is 1. The molecule has 1 fully saturated rings. The Labute approximate surface area is 120 Å². The van der Waals surface area contributed by atoms with Gasteiger partial charge in [0, 0.05) is 12.5 Å². The van der Waals surface area contributed by atoms with E-state index in [0.717, 1.165) is 12.8 Å². The van der Waals surface area contributed by atoms with Crippen molar-refractivity contribution in [2.45, 2.75) is 50.6 Å². The molecular formula is C13H23N3O3S. The smallest absolute Gasteiger partial charge is 0.260 e. The number of piperidine rings is 1. The molecule has 114 valence electrons. The van der Waals surface area contributed by atoms with Crippen molar-refractivity contribution < 1.29 is 13.5 Å². The summed E-state index contributed by atoms with van der Waals surface area (Å²) in [5.41, 5.74) is 0. The quantitative estimate of drug-likeness (QED) is 0.878. The maximum Gasteiger partial charge on any atom is 0.260 e. The molecular weight excluding hydrogens is 278 g/mol. The summed E-state index contributed by atoms with van der Waals surface area (Å²) in [6, 6.07) is -0.348. The molecule has 7 heteroatoms. The highest BCUT2D eigenvalue weighted by atomic mass is 32.2. The fraction of sp³-hybridized carbons (Fsp3) is 0.769. The van der Waals surface area contributed by atoms with E-state index < -0.39 is 10.0 Å². The van der Waals surface area contributed by atoms with Crippen LogP contribution in [0.25, 0.3) is 0 Å². The molecule has 1 aromatic rings. The summed E-state index contributed by atoms with van der Waals surface area (Å²) in [4.78, 5) is 7.01. The Morgan fingerprint density at radius 2 is 2.25 bits per heavy atom. The molecule has 2 atom stereocenters. The molecule has 0 spiro atoms. The number of sulfonamides is 1. The van der Waals surface area contributed by atoms with E-state index in [0.29, 0.717) is 12.4 Å². The zero-order valence-electron chi connectivity index (χ0n) is 12.2. The summed E-state index contributed by atoms with van der Waals surface area (Å²) in [6.45, 7) is 6.19. The van der Waals surface area contributed by atoms with Gasteiger partial charge in [0.25, 0.3) is 10.0 Å². The third-order valence-corrected chi connectivity index (χ3v) is 5.79. The minimum Gasteiger partial charge on any atom is -0.395 e. The van der Waals surface area contributed by atoms with E-state index in [1.165, 1.54) is 10.5 Å². The van der Waals surface area contributed by atoms with Crippen LogP contribution in [-0.4, -0.2) is 47.0 Å². The van der Waals surface area contributed by atoms with Gasteiger partial charge in [-0.15, -0.1) is 0 Å². The first kappa shape index (κ1) is 15.5. The van der Waals surface area contributed by atoms with Crippen LogP contribution in [-0.2, 0) is 10.0 Å². The molecule has 0 bridgehead atoms. The maximum atomic E-state index is 12.7.